The first-order valence-electron chi connectivity index (χ1n) is 11.0. The molecule has 31 heavy (non-hydrogen) atoms. The second-order valence-corrected chi connectivity index (χ2v) is 10.4. The van der Waals surface area contributed by atoms with E-state index in [1.54, 1.807) is 11.3 Å². The second kappa shape index (κ2) is 10.1. The molecular formula is C26H29BrN2OS. The molecule has 0 radical (unpaired) electrons. The smallest absolute Gasteiger partial charge is 0.256 e. The fourth-order valence-electron chi connectivity index (χ4n) is 4.22. The van der Waals surface area contributed by atoms with E-state index in [0.29, 0.717) is 5.56 Å². The molecule has 1 N–H and O–H groups in total. The van der Waals surface area contributed by atoms with Crippen LogP contribution in [0.4, 0.5) is 5.00 Å². The van der Waals surface area contributed by atoms with Gasteiger partial charge in [-0.05, 0) is 74.2 Å². The molecule has 1 atom stereocenters. The van der Waals surface area contributed by atoms with Crippen LogP contribution in [0.1, 0.15) is 59.1 Å². The molecule has 0 aliphatic carbocycles. The van der Waals surface area contributed by atoms with Crippen molar-refractivity contribution in [3.63, 3.8) is 0 Å². The molecule has 1 aromatic heterocycles. The van der Waals surface area contributed by atoms with Crippen molar-refractivity contribution >= 4 is 38.2 Å². The molecule has 0 unspecified atom stereocenters. The highest BCUT2D eigenvalue weighted by atomic mass is 79.9. The number of carbonyl (C=O) groups excluding carboxylic acids is 1. The number of benzene rings is 2. The predicted molar refractivity (Wildman–Crippen MR) is 134 cm³/mol. The van der Waals surface area contributed by atoms with Gasteiger partial charge in [-0.1, -0.05) is 60.1 Å². The highest BCUT2D eigenvalue weighted by molar-refractivity contribution is 9.10. The van der Waals surface area contributed by atoms with Crippen LogP contribution in [0.25, 0.3) is 0 Å². The van der Waals surface area contributed by atoms with Gasteiger partial charge in [-0.2, -0.15) is 0 Å². The number of aryl methyl sites for hydroxylation is 1. The van der Waals surface area contributed by atoms with Gasteiger partial charge in [-0.3, -0.25) is 9.69 Å². The number of amides is 1. The van der Waals surface area contributed by atoms with E-state index in [0.717, 1.165) is 34.9 Å². The van der Waals surface area contributed by atoms with Crippen molar-refractivity contribution in [2.24, 2.45) is 5.92 Å². The molecule has 0 bridgehead atoms. The van der Waals surface area contributed by atoms with Gasteiger partial charge in [0.1, 0.15) is 5.00 Å². The summed E-state index contributed by atoms with van der Waals surface area (Å²) >= 11 is 5.28. The predicted octanol–water partition coefficient (Wildman–Crippen LogP) is 7.15. The maximum absolute atomic E-state index is 13.0. The summed E-state index contributed by atoms with van der Waals surface area (Å²) in [4.78, 5) is 16.8. The average molecular weight is 498 g/mol. The van der Waals surface area contributed by atoms with Gasteiger partial charge in [0.25, 0.3) is 5.91 Å². The standard InChI is InChI=1S/C26H29BrN2OS/c1-3-22-17-23(26(31-22)28-25(30)20-7-5-4-6-8-20)24(19-9-11-21(27)12-10-19)29-15-13-18(2)14-16-29/h4-12,17-18,24H,3,13-16H2,1-2H3,(H,28,30)/t24-/m0/s1. The molecular weight excluding hydrogens is 468 g/mol. The highest BCUT2D eigenvalue weighted by Crippen LogP contribution is 2.41. The van der Waals surface area contributed by atoms with Crippen molar-refractivity contribution in [2.45, 2.75) is 39.2 Å². The van der Waals surface area contributed by atoms with Gasteiger partial charge in [0.05, 0.1) is 6.04 Å². The summed E-state index contributed by atoms with van der Waals surface area (Å²) in [6, 6.07) is 20.6. The van der Waals surface area contributed by atoms with Gasteiger partial charge in [0.2, 0.25) is 0 Å². The Balaban J connectivity index is 1.72. The quantitative estimate of drug-likeness (QED) is 0.392. The number of hydrogen-bond acceptors (Lipinski definition) is 3. The lowest BCUT2D eigenvalue weighted by Gasteiger charge is -2.37. The van der Waals surface area contributed by atoms with Crippen molar-refractivity contribution in [2.75, 3.05) is 18.4 Å². The summed E-state index contributed by atoms with van der Waals surface area (Å²) in [5, 5.41) is 4.20. The zero-order valence-electron chi connectivity index (χ0n) is 18.1. The van der Waals surface area contributed by atoms with Gasteiger partial charge >= 0.3 is 0 Å². The number of halogens is 1. The van der Waals surface area contributed by atoms with Crippen LogP contribution in [-0.4, -0.2) is 23.9 Å². The lowest BCUT2D eigenvalue weighted by Crippen LogP contribution is -2.37. The number of hydrogen-bond donors (Lipinski definition) is 1. The number of nitrogens with one attached hydrogen (secondary N) is 1. The van der Waals surface area contributed by atoms with Crippen molar-refractivity contribution < 1.29 is 4.79 Å². The summed E-state index contributed by atoms with van der Waals surface area (Å²) in [6.45, 7) is 6.67. The molecule has 1 saturated heterocycles. The Labute approximate surface area is 197 Å². The molecule has 1 aliphatic heterocycles. The fourth-order valence-corrected chi connectivity index (χ4v) is 5.51. The Kier molecular flexibility index (Phi) is 7.26. The molecule has 4 rings (SSSR count). The summed E-state index contributed by atoms with van der Waals surface area (Å²) < 4.78 is 1.08. The minimum atomic E-state index is -0.0480. The largest absolute Gasteiger partial charge is 0.313 e. The summed E-state index contributed by atoms with van der Waals surface area (Å²) in [7, 11) is 0. The third-order valence-corrected chi connectivity index (χ3v) is 7.83. The Morgan fingerprint density at radius 3 is 2.45 bits per heavy atom. The molecule has 3 aromatic rings. The molecule has 2 aromatic carbocycles. The van der Waals surface area contributed by atoms with Gasteiger partial charge in [0.15, 0.2) is 0 Å². The van der Waals surface area contributed by atoms with Crippen molar-refractivity contribution in [1.29, 1.82) is 0 Å². The first-order valence-corrected chi connectivity index (χ1v) is 12.6. The number of rotatable bonds is 6. The lowest BCUT2D eigenvalue weighted by molar-refractivity contribution is 0.102. The Morgan fingerprint density at radius 2 is 1.81 bits per heavy atom. The monoisotopic (exact) mass is 496 g/mol. The van der Waals surface area contributed by atoms with E-state index in [4.69, 9.17) is 0 Å². The normalized spacial score (nSPS) is 16.2. The van der Waals surface area contributed by atoms with E-state index in [1.807, 2.05) is 30.3 Å². The van der Waals surface area contributed by atoms with Gasteiger partial charge in [0, 0.05) is 20.5 Å². The van der Waals surface area contributed by atoms with Crippen molar-refractivity contribution in [1.82, 2.24) is 4.90 Å². The van der Waals surface area contributed by atoms with Gasteiger partial charge < -0.3 is 5.32 Å². The minimum Gasteiger partial charge on any atom is -0.313 e. The average Bonchev–Trinajstić information content (AvgIpc) is 3.19. The molecule has 2 heterocycles. The number of anilines is 1. The summed E-state index contributed by atoms with van der Waals surface area (Å²) in [5.74, 6) is 0.723. The van der Waals surface area contributed by atoms with Gasteiger partial charge in [-0.25, -0.2) is 0 Å². The van der Waals surface area contributed by atoms with E-state index in [9.17, 15) is 4.79 Å². The minimum absolute atomic E-state index is 0.0480. The molecule has 0 spiro atoms. The summed E-state index contributed by atoms with van der Waals surface area (Å²) in [5.41, 5.74) is 3.17. The van der Waals surface area contributed by atoms with E-state index >= 15 is 0 Å². The van der Waals surface area contributed by atoms with Crippen LogP contribution < -0.4 is 5.32 Å². The molecule has 0 saturated carbocycles. The van der Waals surface area contributed by atoms with Crippen LogP contribution in [0.3, 0.4) is 0 Å². The Hall–Kier alpha value is -1.95. The molecule has 1 amide bonds. The molecule has 1 fully saturated rings. The van der Waals surface area contributed by atoms with E-state index in [2.05, 4.69) is 70.3 Å². The lowest BCUT2D eigenvalue weighted by atomic mass is 9.92. The van der Waals surface area contributed by atoms with Crippen LogP contribution in [0.15, 0.2) is 65.1 Å². The zero-order chi connectivity index (χ0) is 21.8. The highest BCUT2D eigenvalue weighted by Gasteiger charge is 2.29. The van der Waals surface area contributed by atoms with Crippen molar-refractivity contribution in [3.05, 3.63) is 86.7 Å². The van der Waals surface area contributed by atoms with E-state index < -0.39 is 0 Å². The third-order valence-electron chi connectivity index (χ3n) is 6.09. The van der Waals surface area contributed by atoms with Crippen molar-refractivity contribution in [3.8, 4) is 0 Å². The first-order chi connectivity index (χ1) is 15.0. The fraction of sp³-hybridized carbons (Fsp3) is 0.346. The first kappa shape index (κ1) is 22.3. The molecule has 3 nitrogen and oxygen atoms in total. The number of carbonyl (C=O) groups is 1. The Bertz CT molecular complexity index is 1010. The van der Waals surface area contributed by atoms with Crippen LogP contribution in [0, 0.1) is 5.92 Å². The zero-order valence-corrected chi connectivity index (χ0v) is 20.5. The van der Waals surface area contributed by atoms with E-state index in [-0.39, 0.29) is 11.9 Å². The van der Waals surface area contributed by atoms with E-state index in [1.165, 1.54) is 28.8 Å². The van der Waals surface area contributed by atoms with Crippen LogP contribution in [0.5, 0.6) is 0 Å². The SMILES string of the molecule is CCc1cc([C@H](c2ccc(Br)cc2)N2CCC(C)CC2)c(NC(=O)c2ccccc2)s1. The topological polar surface area (TPSA) is 32.3 Å². The third kappa shape index (κ3) is 5.28. The van der Waals surface area contributed by atoms with Crippen LogP contribution in [0.2, 0.25) is 0 Å². The molecule has 1 aliphatic rings. The van der Waals surface area contributed by atoms with Gasteiger partial charge in [-0.15, -0.1) is 11.3 Å². The number of likely N-dealkylation sites (tertiary alicyclic amines) is 1. The number of piperidine rings is 1. The molecule has 5 heteroatoms. The summed E-state index contributed by atoms with van der Waals surface area (Å²) in [6.07, 6.45) is 3.38. The maximum atomic E-state index is 13.0. The number of nitrogens with zero attached hydrogens (tertiary/aromatic N) is 1. The number of thiophene rings is 1. The maximum Gasteiger partial charge on any atom is 0.256 e. The van der Waals surface area contributed by atoms with Crippen LogP contribution >= 0.6 is 27.3 Å². The molecule has 162 valence electrons. The second-order valence-electron chi connectivity index (χ2n) is 8.34. The Morgan fingerprint density at radius 1 is 1.13 bits per heavy atom. The van der Waals surface area contributed by atoms with Crippen LogP contribution in [-0.2, 0) is 6.42 Å².